The van der Waals surface area contributed by atoms with Crippen molar-refractivity contribution in [3.63, 3.8) is 0 Å². The summed E-state index contributed by atoms with van der Waals surface area (Å²) in [6.07, 6.45) is 13.6. The van der Waals surface area contributed by atoms with Gasteiger partial charge in [-0.2, -0.15) is 0 Å². The van der Waals surface area contributed by atoms with Gasteiger partial charge < -0.3 is 9.64 Å². The molecule has 0 atom stereocenters. The van der Waals surface area contributed by atoms with Crippen LogP contribution in [0.3, 0.4) is 0 Å². The number of hydrogen-bond donors (Lipinski definition) is 0. The lowest BCUT2D eigenvalue weighted by Gasteiger charge is -2.29. The van der Waals surface area contributed by atoms with Crippen molar-refractivity contribution < 1.29 is 4.74 Å². The first-order valence-electron chi connectivity index (χ1n) is 11.7. The summed E-state index contributed by atoms with van der Waals surface area (Å²) < 4.78 is 6.31. The Labute approximate surface area is 177 Å². The van der Waals surface area contributed by atoms with Gasteiger partial charge in [0, 0.05) is 10.9 Å². The lowest BCUT2D eigenvalue weighted by Crippen LogP contribution is -2.27. The van der Waals surface area contributed by atoms with E-state index in [4.69, 9.17) is 4.74 Å². The first-order valence-corrected chi connectivity index (χ1v) is 11.7. The molecule has 0 fully saturated rings. The van der Waals surface area contributed by atoms with Gasteiger partial charge in [-0.15, -0.1) is 0 Å². The molecule has 0 bridgehead atoms. The molecule has 0 unspecified atom stereocenters. The van der Waals surface area contributed by atoms with Crippen LogP contribution in [0.2, 0.25) is 0 Å². The minimum Gasteiger partial charge on any atom is -0.483 e. The second kappa shape index (κ2) is 10.3. The van der Waals surface area contributed by atoms with E-state index in [-0.39, 0.29) is 5.60 Å². The molecule has 1 aliphatic rings. The first kappa shape index (κ1) is 21.9. The maximum atomic E-state index is 6.31. The molecule has 0 aliphatic carbocycles. The monoisotopic (exact) mass is 393 g/mol. The Kier molecular flexibility index (Phi) is 7.77. The molecule has 2 heteroatoms. The number of nitrogens with zero attached hydrogens (tertiary/aromatic N) is 1. The number of aryl methyl sites for hydroxylation is 1. The molecule has 2 aromatic carbocycles. The van der Waals surface area contributed by atoms with Crippen molar-refractivity contribution in [3.05, 3.63) is 47.5 Å². The van der Waals surface area contributed by atoms with Crippen molar-refractivity contribution in [2.75, 3.05) is 19.6 Å². The highest BCUT2D eigenvalue weighted by Crippen LogP contribution is 2.38. The van der Waals surface area contributed by atoms with Gasteiger partial charge in [0.1, 0.15) is 11.4 Å². The lowest BCUT2D eigenvalue weighted by atomic mass is 9.94. The topological polar surface area (TPSA) is 12.5 Å². The molecular formula is C27H39NO. The smallest absolute Gasteiger partial charge is 0.135 e. The van der Waals surface area contributed by atoms with Crippen LogP contribution < -0.4 is 4.74 Å². The normalized spacial score (nSPS) is 14.9. The molecule has 0 aromatic heterocycles. The van der Waals surface area contributed by atoms with Crippen LogP contribution in [-0.4, -0.2) is 30.1 Å². The summed E-state index contributed by atoms with van der Waals surface area (Å²) in [7, 11) is 0. The highest BCUT2D eigenvalue weighted by molar-refractivity contribution is 5.94. The fourth-order valence-corrected chi connectivity index (χ4v) is 4.36. The van der Waals surface area contributed by atoms with Crippen LogP contribution in [0.25, 0.3) is 16.8 Å². The lowest BCUT2D eigenvalue weighted by molar-refractivity contribution is 0.161. The average molecular weight is 394 g/mol. The molecule has 2 nitrogen and oxygen atoms in total. The summed E-state index contributed by atoms with van der Waals surface area (Å²) in [6, 6.07) is 11.2. The van der Waals surface area contributed by atoms with Crippen molar-refractivity contribution >= 4 is 16.8 Å². The molecular weight excluding hydrogens is 354 g/mol. The molecule has 158 valence electrons. The predicted molar refractivity (Wildman–Crippen MR) is 127 cm³/mol. The predicted octanol–water partition coefficient (Wildman–Crippen LogP) is 7.25. The Balaban J connectivity index is 1.50. The van der Waals surface area contributed by atoms with E-state index in [0.717, 1.165) is 12.2 Å². The minimum absolute atomic E-state index is 0.234. The summed E-state index contributed by atoms with van der Waals surface area (Å²) in [6.45, 7) is 12.4. The van der Waals surface area contributed by atoms with Crippen molar-refractivity contribution in [1.29, 1.82) is 0 Å². The average Bonchev–Trinajstić information content (AvgIpc) is 2.72. The van der Waals surface area contributed by atoms with Crippen molar-refractivity contribution in [2.24, 2.45) is 0 Å². The molecule has 0 radical (unpaired) electrons. The number of unbranched alkanes of at least 4 members (excludes halogenated alkanes) is 5. The van der Waals surface area contributed by atoms with E-state index in [1.54, 1.807) is 0 Å². The molecule has 0 saturated heterocycles. The molecule has 0 amide bonds. The van der Waals surface area contributed by atoms with Crippen molar-refractivity contribution in [3.8, 4) is 5.75 Å². The summed E-state index contributed by atoms with van der Waals surface area (Å²) >= 11 is 0. The van der Waals surface area contributed by atoms with E-state index in [0.29, 0.717) is 0 Å². The molecule has 29 heavy (non-hydrogen) atoms. The summed E-state index contributed by atoms with van der Waals surface area (Å²) in [5.74, 6) is 1.05. The van der Waals surface area contributed by atoms with E-state index >= 15 is 0 Å². The van der Waals surface area contributed by atoms with E-state index in [2.05, 4.69) is 75.1 Å². The van der Waals surface area contributed by atoms with Crippen LogP contribution >= 0.6 is 0 Å². The zero-order valence-electron chi connectivity index (χ0n) is 19.0. The fourth-order valence-electron chi connectivity index (χ4n) is 4.36. The van der Waals surface area contributed by atoms with Crippen LogP contribution in [0.5, 0.6) is 5.75 Å². The Morgan fingerprint density at radius 3 is 2.31 bits per heavy atom. The maximum absolute atomic E-state index is 6.31. The van der Waals surface area contributed by atoms with Crippen LogP contribution in [0.4, 0.5) is 0 Å². The third-order valence-corrected chi connectivity index (χ3v) is 6.23. The van der Waals surface area contributed by atoms with E-state index in [1.807, 2.05) is 0 Å². The maximum Gasteiger partial charge on any atom is 0.135 e. The molecule has 0 spiro atoms. The highest BCUT2D eigenvalue weighted by Gasteiger charge is 2.23. The van der Waals surface area contributed by atoms with Gasteiger partial charge in [-0.1, -0.05) is 75.9 Å². The second-order valence-corrected chi connectivity index (χ2v) is 8.93. The Morgan fingerprint density at radius 2 is 1.55 bits per heavy atom. The summed E-state index contributed by atoms with van der Waals surface area (Å²) in [4.78, 5) is 2.53. The first-order chi connectivity index (χ1) is 14.0. The van der Waals surface area contributed by atoms with Gasteiger partial charge in [0.05, 0.1) is 0 Å². The van der Waals surface area contributed by atoms with Gasteiger partial charge in [-0.25, -0.2) is 0 Å². The molecule has 0 N–H and O–H groups in total. The Morgan fingerprint density at radius 1 is 0.828 bits per heavy atom. The van der Waals surface area contributed by atoms with Gasteiger partial charge >= 0.3 is 0 Å². The molecule has 0 saturated carbocycles. The Hall–Kier alpha value is -1.80. The largest absolute Gasteiger partial charge is 0.483 e. The van der Waals surface area contributed by atoms with E-state index in [9.17, 15) is 0 Å². The van der Waals surface area contributed by atoms with Crippen LogP contribution in [0.1, 0.15) is 77.3 Å². The van der Waals surface area contributed by atoms with Gasteiger partial charge in [0.25, 0.3) is 0 Å². The number of rotatable bonds is 11. The molecule has 3 rings (SSSR count). The van der Waals surface area contributed by atoms with E-state index < -0.39 is 0 Å². The third-order valence-electron chi connectivity index (χ3n) is 6.23. The molecule has 2 aromatic rings. The molecule has 1 heterocycles. The fraction of sp³-hybridized carbons (Fsp3) is 0.556. The van der Waals surface area contributed by atoms with Crippen LogP contribution in [-0.2, 0) is 6.42 Å². The van der Waals surface area contributed by atoms with E-state index in [1.165, 1.54) is 80.1 Å². The highest BCUT2D eigenvalue weighted by atomic mass is 16.5. The van der Waals surface area contributed by atoms with Crippen LogP contribution in [0.15, 0.2) is 36.4 Å². The van der Waals surface area contributed by atoms with Gasteiger partial charge in [0.15, 0.2) is 0 Å². The van der Waals surface area contributed by atoms with Crippen LogP contribution in [0, 0.1) is 0 Å². The zero-order valence-corrected chi connectivity index (χ0v) is 19.0. The standard InChI is InChI=1S/C27H39NO/c1-5-28(6-2)21-12-10-8-7-9-11-14-22-15-13-16-25-24(22)18-17-23-19-20-27(3,4)29-26(23)25/h13,15-20H,5-12,14,21H2,1-4H3. The minimum atomic E-state index is -0.234. The SMILES string of the molecule is CCN(CC)CCCCCCCCc1cccc2c3c(ccc12)C=CC(C)(C)O3. The second-order valence-electron chi connectivity index (χ2n) is 8.93. The summed E-state index contributed by atoms with van der Waals surface area (Å²) in [5.41, 5.74) is 2.42. The number of ether oxygens (including phenoxy) is 1. The Bertz CT molecular complexity index is 817. The van der Waals surface area contributed by atoms with Gasteiger partial charge in [-0.3, -0.25) is 0 Å². The quantitative estimate of drug-likeness (QED) is 0.373. The number of hydrogen-bond acceptors (Lipinski definition) is 2. The third kappa shape index (κ3) is 5.85. The van der Waals surface area contributed by atoms with Crippen molar-refractivity contribution in [1.82, 2.24) is 4.90 Å². The van der Waals surface area contributed by atoms with Gasteiger partial charge in [-0.05, 0) is 69.8 Å². The molecule has 1 aliphatic heterocycles. The zero-order chi connectivity index (χ0) is 20.7. The van der Waals surface area contributed by atoms with Gasteiger partial charge in [0.2, 0.25) is 0 Å². The van der Waals surface area contributed by atoms with Crippen molar-refractivity contribution in [2.45, 2.75) is 78.2 Å². The number of fused-ring (bicyclic) bond motifs is 3. The summed E-state index contributed by atoms with van der Waals surface area (Å²) in [5, 5.41) is 2.62. The number of benzene rings is 2.